The first kappa shape index (κ1) is 18.8. The summed E-state index contributed by atoms with van der Waals surface area (Å²) in [6, 6.07) is 7.81. The van der Waals surface area contributed by atoms with E-state index in [4.69, 9.17) is 28.6 Å². The van der Waals surface area contributed by atoms with Gasteiger partial charge in [0.1, 0.15) is 0 Å². The van der Waals surface area contributed by atoms with Crippen molar-refractivity contribution < 1.29 is 19.1 Å². The number of esters is 1. The fraction of sp³-hybridized carbons (Fsp3) is 0.312. The van der Waals surface area contributed by atoms with Crippen molar-refractivity contribution in [1.82, 2.24) is 10.6 Å². The molecular weight excluding hydrogens is 366 g/mol. The lowest BCUT2D eigenvalue weighted by molar-refractivity contribution is -0.154. The van der Waals surface area contributed by atoms with E-state index in [1.165, 1.54) is 31.2 Å². The smallest absolute Gasteiger partial charge is 0.334 e. The predicted octanol–water partition coefficient (Wildman–Crippen LogP) is 1.21. The molecule has 2 rings (SSSR count). The third kappa shape index (κ3) is 3.21. The molecule has 1 aliphatic heterocycles. The van der Waals surface area contributed by atoms with E-state index in [9.17, 15) is 19.6 Å². The van der Waals surface area contributed by atoms with E-state index in [-0.39, 0.29) is 10.7 Å². The molecule has 7 nitrogen and oxygen atoms in total. The number of halogens is 1. The second-order valence-corrected chi connectivity index (χ2v) is 6.30. The maximum absolute atomic E-state index is 12.9. The van der Waals surface area contributed by atoms with Gasteiger partial charge in [-0.1, -0.05) is 18.5 Å². The molecule has 1 aromatic carbocycles. The number of hydrogen-bond acceptors (Lipinski definition) is 6. The SMILES string of the molecule is COC(=O)[C@@]1([C@H](C)C(=O)c2ccc(Cl)cc2)NC(=S)NC(=O)[C@H]1C#N. The van der Waals surface area contributed by atoms with Gasteiger partial charge in [-0.2, -0.15) is 5.26 Å². The van der Waals surface area contributed by atoms with Crippen molar-refractivity contribution in [2.45, 2.75) is 12.5 Å². The molecule has 0 spiro atoms. The number of amides is 1. The van der Waals surface area contributed by atoms with Crippen molar-refractivity contribution in [3.8, 4) is 6.07 Å². The number of ether oxygens (including phenoxy) is 1. The van der Waals surface area contributed by atoms with Gasteiger partial charge in [0.15, 0.2) is 22.4 Å². The van der Waals surface area contributed by atoms with Crippen molar-refractivity contribution in [3.05, 3.63) is 34.9 Å². The van der Waals surface area contributed by atoms with E-state index >= 15 is 0 Å². The summed E-state index contributed by atoms with van der Waals surface area (Å²) in [6.07, 6.45) is 0. The number of benzene rings is 1. The monoisotopic (exact) mass is 379 g/mol. The number of nitrogens with one attached hydrogen (secondary N) is 2. The molecule has 0 radical (unpaired) electrons. The lowest BCUT2D eigenvalue weighted by atomic mass is 9.70. The third-order valence-electron chi connectivity index (χ3n) is 4.13. The summed E-state index contributed by atoms with van der Waals surface area (Å²) < 4.78 is 4.78. The van der Waals surface area contributed by atoms with Crippen LogP contribution in [0.1, 0.15) is 17.3 Å². The molecule has 1 heterocycles. The molecule has 0 aliphatic carbocycles. The Kier molecular flexibility index (Phi) is 5.40. The average molecular weight is 380 g/mol. The maximum atomic E-state index is 12.9. The lowest BCUT2D eigenvalue weighted by Crippen LogP contribution is -2.73. The maximum Gasteiger partial charge on any atom is 0.334 e. The Morgan fingerprint density at radius 3 is 2.52 bits per heavy atom. The van der Waals surface area contributed by atoms with E-state index in [1.54, 1.807) is 6.07 Å². The minimum atomic E-state index is -1.93. The summed E-state index contributed by atoms with van der Waals surface area (Å²) in [5, 5.41) is 14.6. The van der Waals surface area contributed by atoms with Crippen molar-refractivity contribution in [3.63, 3.8) is 0 Å². The molecule has 2 N–H and O–H groups in total. The number of thiocarbonyl (C=S) groups is 1. The first-order valence-corrected chi connectivity index (χ1v) is 7.97. The highest BCUT2D eigenvalue weighted by Gasteiger charge is 2.59. The summed E-state index contributed by atoms with van der Waals surface area (Å²) in [6.45, 7) is 1.44. The number of carbonyl (C=O) groups excluding carboxylic acids is 3. The van der Waals surface area contributed by atoms with Gasteiger partial charge in [0, 0.05) is 10.6 Å². The van der Waals surface area contributed by atoms with Gasteiger partial charge in [0.05, 0.1) is 19.1 Å². The zero-order valence-electron chi connectivity index (χ0n) is 13.3. The number of methoxy groups -OCH3 is 1. The van der Waals surface area contributed by atoms with Crippen LogP contribution in [0.15, 0.2) is 24.3 Å². The van der Waals surface area contributed by atoms with Crippen molar-refractivity contribution in [1.29, 1.82) is 5.26 Å². The van der Waals surface area contributed by atoms with Crippen molar-refractivity contribution in [2.75, 3.05) is 7.11 Å². The van der Waals surface area contributed by atoms with E-state index in [0.29, 0.717) is 5.02 Å². The minimum absolute atomic E-state index is 0.155. The number of rotatable bonds is 4. The van der Waals surface area contributed by atoms with Crippen LogP contribution in [-0.4, -0.2) is 35.4 Å². The molecule has 1 saturated heterocycles. The summed E-state index contributed by atoms with van der Waals surface area (Å²) in [5.41, 5.74) is -1.66. The molecule has 9 heteroatoms. The standard InChI is InChI=1S/C16H14ClN3O4S/c1-8(12(21)9-3-5-10(17)6-4-9)16(14(23)24-2)11(7-18)13(22)19-15(25)20-16/h3-6,8,11H,1-2H3,(H2,19,20,22,25)/t8-,11-,16+/m1/s1. The van der Waals surface area contributed by atoms with E-state index < -0.39 is 35.0 Å². The highest BCUT2D eigenvalue weighted by Crippen LogP contribution is 2.33. The Balaban J connectivity index is 2.55. The zero-order valence-corrected chi connectivity index (χ0v) is 14.9. The van der Waals surface area contributed by atoms with Crippen LogP contribution in [0.2, 0.25) is 5.02 Å². The van der Waals surface area contributed by atoms with Crippen molar-refractivity contribution >= 4 is 46.6 Å². The van der Waals surface area contributed by atoms with E-state index in [2.05, 4.69) is 10.6 Å². The number of Topliss-reactive ketones (excluding diaryl/α,β-unsaturated/α-hetero) is 1. The Morgan fingerprint density at radius 1 is 1.40 bits per heavy atom. The van der Waals surface area contributed by atoms with Gasteiger partial charge < -0.3 is 15.4 Å². The molecule has 1 aromatic rings. The van der Waals surface area contributed by atoms with Crippen LogP contribution in [0.4, 0.5) is 0 Å². The second-order valence-electron chi connectivity index (χ2n) is 5.46. The number of hydrogen-bond donors (Lipinski definition) is 2. The van der Waals surface area contributed by atoms with Crippen LogP contribution in [0, 0.1) is 23.2 Å². The molecule has 1 fully saturated rings. The molecular formula is C16H14ClN3O4S. The Hall–Kier alpha value is -2.50. The van der Waals surface area contributed by atoms with Crippen LogP contribution in [0.3, 0.4) is 0 Å². The van der Waals surface area contributed by atoms with Gasteiger partial charge in [0.25, 0.3) is 0 Å². The van der Waals surface area contributed by atoms with E-state index in [0.717, 1.165) is 7.11 Å². The summed E-state index contributed by atoms with van der Waals surface area (Å²) >= 11 is 10.8. The highest BCUT2D eigenvalue weighted by molar-refractivity contribution is 7.80. The number of ketones is 1. The van der Waals surface area contributed by atoms with Gasteiger partial charge in [-0.15, -0.1) is 0 Å². The highest BCUT2D eigenvalue weighted by atomic mass is 35.5. The molecule has 0 saturated carbocycles. The van der Waals surface area contributed by atoms with Gasteiger partial charge in [0.2, 0.25) is 5.91 Å². The molecule has 0 unspecified atom stereocenters. The van der Waals surface area contributed by atoms with Crippen LogP contribution in [-0.2, 0) is 14.3 Å². The van der Waals surface area contributed by atoms with Crippen LogP contribution in [0.5, 0.6) is 0 Å². The molecule has 25 heavy (non-hydrogen) atoms. The largest absolute Gasteiger partial charge is 0.467 e. The van der Waals surface area contributed by atoms with Gasteiger partial charge in [-0.05, 0) is 36.5 Å². The number of nitriles is 1. The third-order valence-corrected chi connectivity index (χ3v) is 4.59. The molecule has 0 bridgehead atoms. The topological polar surface area (TPSA) is 108 Å². The van der Waals surface area contributed by atoms with Crippen molar-refractivity contribution in [2.24, 2.45) is 11.8 Å². The first-order valence-electron chi connectivity index (χ1n) is 7.18. The summed E-state index contributed by atoms with van der Waals surface area (Å²) in [7, 11) is 1.11. The molecule has 0 aromatic heterocycles. The normalized spacial score (nSPS) is 23.7. The Labute approximate surface area is 154 Å². The molecule has 1 amide bonds. The molecule has 130 valence electrons. The van der Waals surface area contributed by atoms with Crippen LogP contribution < -0.4 is 10.6 Å². The van der Waals surface area contributed by atoms with Crippen LogP contribution >= 0.6 is 23.8 Å². The Morgan fingerprint density at radius 2 is 2.00 bits per heavy atom. The summed E-state index contributed by atoms with van der Waals surface area (Å²) in [5.74, 6) is -4.78. The van der Waals surface area contributed by atoms with Gasteiger partial charge in [-0.3, -0.25) is 9.59 Å². The van der Waals surface area contributed by atoms with Gasteiger partial charge in [-0.25, -0.2) is 4.79 Å². The van der Waals surface area contributed by atoms with Gasteiger partial charge >= 0.3 is 5.97 Å². The second kappa shape index (κ2) is 7.17. The molecule has 3 atom stereocenters. The minimum Gasteiger partial charge on any atom is -0.467 e. The van der Waals surface area contributed by atoms with E-state index in [1.807, 2.05) is 0 Å². The average Bonchev–Trinajstić information content (AvgIpc) is 2.59. The number of nitrogens with zero attached hydrogens (tertiary/aromatic N) is 1. The first-order chi connectivity index (χ1) is 11.8. The Bertz CT molecular complexity index is 790. The fourth-order valence-electron chi connectivity index (χ4n) is 2.79. The summed E-state index contributed by atoms with van der Waals surface area (Å²) in [4.78, 5) is 37.6. The molecule has 1 aliphatic rings. The quantitative estimate of drug-likeness (QED) is 0.460. The zero-order chi connectivity index (χ0) is 18.8. The number of carbonyl (C=O) groups is 3. The lowest BCUT2D eigenvalue weighted by Gasteiger charge is -2.42. The predicted molar refractivity (Wildman–Crippen MR) is 92.7 cm³/mol. The van der Waals surface area contributed by atoms with Crippen LogP contribution in [0.25, 0.3) is 0 Å². The fourth-order valence-corrected chi connectivity index (χ4v) is 3.18.